The van der Waals surface area contributed by atoms with Gasteiger partial charge in [-0.05, 0) is 18.9 Å². The van der Waals surface area contributed by atoms with Crippen molar-refractivity contribution in [2.45, 2.75) is 38.5 Å². The third kappa shape index (κ3) is 6.65. The van der Waals surface area contributed by atoms with Gasteiger partial charge in [0.05, 0.1) is 0 Å². The minimum absolute atomic E-state index is 0.00656. The minimum Gasteiger partial charge on any atom is -0.591 e. The van der Waals surface area contributed by atoms with Crippen LogP contribution in [0.4, 0.5) is 0 Å². The third-order valence-corrected chi connectivity index (χ3v) is 3.11. The van der Waals surface area contributed by atoms with Gasteiger partial charge in [0, 0.05) is 30.7 Å². The Balaban J connectivity index is 2.13. The van der Waals surface area contributed by atoms with Gasteiger partial charge in [-0.3, -0.25) is 9.59 Å². The van der Waals surface area contributed by atoms with Gasteiger partial charge in [-0.2, -0.15) is 0 Å². The largest absolute Gasteiger partial charge is 0.591 e. The standard InChI is InChI=1S/C15H21NO5/c17-12-8-7-11(10-13(12)18)15(21)16-9-5-3-1-2-4-6-14(19)20/h7-8,10,17-18H,1-6,9H2,(H,16,21)(H,19,20)/p+1. The summed E-state index contributed by atoms with van der Waals surface area (Å²) in [4.78, 5) is 22.1. The van der Waals surface area contributed by atoms with Gasteiger partial charge in [0.2, 0.25) is 5.75 Å². The van der Waals surface area contributed by atoms with Crippen molar-refractivity contribution in [2.24, 2.45) is 0 Å². The molecule has 0 bridgehead atoms. The molecule has 6 nitrogen and oxygen atoms in total. The van der Waals surface area contributed by atoms with E-state index in [1.165, 1.54) is 18.2 Å². The van der Waals surface area contributed by atoms with Crippen molar-refractivity contribution < 1.29 is 24.9 Å². The zero-order chi connectivity index (χ0) is 15.7. The number of carbonyl (C=O) groups is 2. The Morgan fingerprint density at radius 2 is 1.76 bits per heavy atom. The third-order valence-electron chi connectivity index (χ3n) is 3.11. The van der Waals surface area contributed by atoms with Gasteiger partial charge < -0.3 is 20.6 Å². The molecule has 0 fully saturated rings. The zero-order valence-electron chi connectivity index (χ0n) is 11.9. The first-order valence-corrected chi connectivity index (χ1v) is 7.05. The number of nitrogens with one attached hydrogen (secondary N) is 1. The minimum atomic E-state index is -0.760. The van der Waals surface area contributed by atoms with Gasteiger partial charge in [0.25, 0.3) is 11.7 Å². The predicted molar refractivity (Wildman–Crippen MR) is 78.8 cm³/mol. The van der Waals surface area contributed by atoms with Crippen LogP contribution >= 0.6 is 0 Å². The van der Waals surface area contributed by atoms with Crippen LogP contribution in [-0.4, -0.2) is 33.7 Å². The smallest absolute Gasteiger partial charge is 0.303 e. The van der Waals surface area contributed by atoms with Crippen LogP contribution in [0.2, 0.25) is 0 Å². The lowest BCUT2D eigenvalue weighted by atomic mass is 10.1. The van der Waals surface area contributed by atoms with Gasteiger partial charge in [0.15, 0.2) is 0 Å². The molecule has 0 spiro atoms. The first-order valence-electron chi connectivity index (χ1n) is 7.05. The molecule has 1 aromatic rings. The van der Waals surface area contributed by atoms with E-state index in [2.05, 4.69) is 5.32 Å². The van der Waals surface area contributed by atoms with Crippen molar-refractivity contribution in [2.75, 3.05) is 6.54 Å². The fourth-order valence-corrected chi connectivity index (χ4v) is 1.91. The predicted octanol–water partition coefficient (Wildman–Crippen LogP) is 1.99. The Morgan fingerprint density at radius 3 is 2.43 bits per heavy atom. The molecule has 5 N–H and O–H groups in total. The number of phenols is 1. The van der Waals surface area contributed by atoms with Crippen LogP contribution < -0.4 is 5.32 Å². The molecule has 1 rings (SSSR count). The molecule has 0 aliphatic heterocycles. The number of hydrogen-bond acceptors (Lipinski definition) is 3. The molecule has 21 heavy (non-hydrogen) atoms. The maximum Gasteiger partial charge on any atom is 0.303 e. The molecule has 0 aromatic heterocycles. The Kier molecular flexibility index (Phi) is 7.08. The maximum atomic E-state index is 11.8. The molecule has 6 heteroatoms. The highest BCUT2D eigenvalue weighted by molar-refractivity contribution is 5.94. The number of carbonyl (C=O) groups excluding carboxylic acids is 1. The summed E-state index contributed by atoms with van der Waals surface area (Å²) in [6, 6.07) is 4.17. The van der Waals surface area contributed by atoms with Crippen LogP contribution in [0.5, 0.6) is 11.5 Å². The SMILES string of the molecule is O=C(O)CCCCCCCNC(=O)c1ccc([OH2+])c(O)c1. The van der Waals surface area contributed by atoms with Crippen molar-refractivity contribution in [1.29, 1.82) is 0 Å². The maximum absolute atomic E-state index is 11.8. The summed E-state index contributed by atoms with van der Waals surface area (Å²) in [5.74, 6) is -1.24. The van der Waals surface area contributed by atoms with Gasteiger partial charge in [-0.15, -0.1) is 0 Å². The molecule has 0 aliphatic rings. The van der Waals surface area contributed by atoms with Crippen LogP contribution in [0.25, 0.3) is 0 Å². The molecule has 0 atom stereocenters. The first-order chi connectivity index (χ1) is 10.0. The van der Waals surface area contributed by atoms with Crippen molar-refractivity contribution >= 4 is 11.9 Å². The number of carboxylic acids is 1. The Labute approximate surface area is 123 Å². The number of aliphatic carboxylic acids is 1. The average Bonchev–Trinajstić information content (AvgIpc) is 2.44. The highest BCUT2D eigenvalue weighted by Gasteiger charge is 2.10. The summed E-state index contributed by atoms with van der Waals surface area (Å²) in [7, 11) is 0. The molecule has 0 saturated heterocycles. The molecular weight excluding hydrogens is 274 g/mol. The van der Waals surface area contributed by atoms with Crippen molar-refractivity contribution in [1.82, 2.24) is 5.32 Å². The Morgan fingerprint density at radius 1 is 1.10 bits per heavy atom. The first kappa shape index (κ1) is 16.8. The molecule has 1 amide bonds. The van der Waals surface area contributed by atoms with Crippen molar-refractivity contribution in [3.05, 3.63) is 23.8 Å². The lowest BCUT2D eigenvalue weighted by Crippen LogP contribution is -2.24. The molecule has 0 saturated carbocycles. The molecule has 0 aliphatic carbocycles. The summed E-state index contributed by atoms with van der Waals surface area (Å²) in [6.45, 7) is 0.543. The van der Waals surface area contributed by atoms with Crippen LogP contribution in [0.1, 0.15) is 48.9 Å². The molecule has 0 unspecified atom stereocenters. The van der Waals surface area contributed by atoms with Gasteiger partial charge in [0.1, 0.15) is 0 Å². The quantitative estimate of drug-likeness (QED) is 0.478. The van der Waals surface area contributed by atoms with Gasteiger partial charge in [-0.25, -0.2) is 0 Å². The Hall–Kier alpha value is -2.24. The summed E-state index contributed by atoms with van der Waals surface area (Å²) in [6.07, 6.45) is 4.53. The lowest BCUT2D eigenvalue weighted by molar-refractivity contribution is -0.137. The molecular formula is C15H22NO5+. The van der Waals surface area contributed by atoms with E-state index in [-0.39, 0.29) is 23.8 Å². The van der Waals surface area contributed by atoms with Crippen LogP contribution in [0.15, 0.2) is 18.2 Å². The van der Waals surface area contributed by atoms with Gasteiger partial charge >= 0.3 is 5.97 Å². The van der Waals surface area contributed by atoms with E-state index in [0.29, 0.717) is 18.5 Å². The van der Waals surface area contributed by atoms with E-state index < -0.39 is 5.97 Å². The highest BCUT2D eigenvalue weighted by Crippen LogP contribution is 2.24. The highest BCUT2D eigenvalue weighted by atomic mass is 16.4. The molecule has 0 heterocycles. The fourth-order valence-electron chi connectivity index (χ4n) is 1.91. The van der Waals surface area contributed by atoms with Crippen LogP contribution in [0.3, 0.4) is 0 Å². The van der Waals surface area contributed by atoms with E-state index >= 15 is 0 Å². The monoisotopic (exact) mass is 296 g/mol. The van der Waals surface area contributed by atoms with E-state index in [1.807, 2.05) is 0 Å². The van der Waals surface area contributed by atoms with E-state index in [1.54, 1.807) is 0 Å². The van der Waals surface area contributed by atoms with Crippen molar-refractivity contribution in [3.8, 4) is 11.5 Å². The Bertz CT molecular complexity index is 487. The van der Waals surface area contributed by atoms with E-state index in [9.17, 15) is 14.7 Å². The van der Waals surface area contributed by atoms with Crippen molar-refractivity contribution in [3.63, 3.8) is 0 Å². The van der Waals surface area contributed by atoms with Gasteiger partial charge in [-0.1, -0.05) is 19.3 Å². The zero-order valence-corrected chi connectivity index (χ0v) is 11.9. The molecule has 116 valence electrons. The van der Waals surface area contributed by atoms with Crippen LogP contribution in [-0.2, 0) is 4.79 Å². The average molecular weight is 296 g/mol. The number of carboxylic acid groups (broad SMARTS) is 1. The normalized spacial score (nSPS) is 10.3. The second kappa shape index (κ2) is 8.84. The summed E-state index contributed by atoms with van der Waals surface area (Å²) >= 11 is 0. The number of rotatable bonds is 9. The number of hydrogen-bond donors (Lipinski definition) is 3. The topological polar surface area (TPSA) is 110 Å². The molecule has 0 radical (unpaired) electrons. The second-order valence-electron chi connectivity index (χ2n) is 4.90. The van der Waals surface area contributed by atoms with E-state index in [4.69, 9.17) is 10.2 Å². The summed E-state index contributed by atoms with van der Waals surface area (Å²) in [5.41, 5.74) is 0.338. The number of unbranched alkanes of at least 4 members (excludes halogenated alkanes) is 4. The van der Waals surface area contributed by atoms with E-state index in [0.717, 1.165) is 25.7 Å². The number of aromatic hydroxyl groups is 1. The molecule has 1 aromatic carbocycles. The number of phenolic OH excluding ortho intramolecular Hbond substituents is 1. The van der Waals surface area contributed by atoms with Crippen LogP contribution in [0, 0.1) is 0 Å². The number of benzene rings is 1. The summed E-state index contributed by atoms with van der Waals surface area (Å²) in [5, 5.41) is 27.9. The lowest BCUT2D eigenvalue weighted by Gasteiger charge is -2.05. The summed E-state index contributed by atoms with van der Waals surface area (Å²) < 4.78 is 0. The number of amides is 1. The second-order valence-corrected chi connectivity index (χ2v) is 4.90. The fraction of sp³-hybridized carbons (Fsp3) is 0.467.